The van der Waals surface area contributed by atoms with Gasteiger partial charge in [-0.25, -0.2) is 13.2 Å². The molecule has 9 heteroatoms. The van der Waals surface area contributed by atoms with E-state index < -0.39 is 21.3 Å². The molecule has 1 aromatic heterocycles. The van der Waals surface area contributed by atoms with E-state index in [9.17, 15) is 18.0 Å². The fourth-order valence-corrected chi connectivity index (χ4v) is 4.25. The van der Waals surface area contributed by atoms with Crippen molar-refractivity contribution in [2.45, 2.75) is 6.92 Å². The van der Waals surface area contributed by atoms with Gasteiger partial charge in [0.05, 0.1) is 19.1 Å². The van der Waals surface area contributed by atoms with E-state index >= 15 is 0 Å². The van der Waals surface area contributed by atoms with Crippen molar-refractivity contribution < 1.29 is 13.2 Å². The van der Waals surface area contributed by atoms with Crippen LogP contribution in [0.1, 0.15) is 5.56 Å². The van der Waals surface area contributed by atoms with Gasteiger partial charge < -0.3 is 4.74 Å². The summed E-state index contributed by atoms with van der Waals surface area (Å²) >= 11 is 0. The first-order chi connectivity index (χ1) is 15.1. The van der Waals surface area contributed by atoms with Crippen molar-refractivity contribution >= 4 is 26.5 Å². The number of benzene rings is 3. The average molecular weight is 452 g/mol. The first-order valence-electron chi connectivity index (χ1n) is 9.67. The minimum atomic E-state index is -3.36. The topological polar surface area (TPSA) is 110 Å². The van der Waals surface area contributed by atoms with Crippen LogP contribution in [0.4, 0.5) is 5.69 Å². The van der Waals surface area contributed by atoms with Crippen molar-refractivity contribution in [1.29, 1.82) is 0 Å². The van der Waals surface area contributed by atoms with Gasteiger partial charge in [-0.2, -0.15) is 0 Å². The SMILES string of the molecule is COc1c(C)cc(-n2ccc(=O)[nH]c2=O)cc1-c1ccc2cc(NS(C)(=O)=O)ccc2c1. The second-order valence-corrected chi connectivity index (χ2v) is 9.22. The summed E-state index contributed by atoms with van der Waals surface area (Å²) in [5.41, 5.74) is 2.55. The van der Waals surface area contributed by atoms with E-state index in [2.05, 4.69) is 9.71 Å². The highest BCUT2D eigenvalue weighted by Crippen LogP contribution is 2.36. The highest BCUT2D eigenvalue weighted by Gasteiger charge is 2.14. The van der Waals surface area contributed by atoms with Crippen LogP contribution in [0.15, 0.2) is 70.4 Å². The van der Waals surface area contributed by atoms with E-state index in [0.717, 1.165) is 33.7 Å². The van der Waals surface area contributed by atoms with Gasteiger partial charge in [0.2, 0.25) is 10.0 Å². The van der Waals surface area contributed by atoms with E-state index in [1.807, 2.05) is 43.3 Å². The van der Waals surface area contributed by atoms with Crippen LogP contribution in [0.5, 0.6) is 5.75 Å². The Morgan fingerprint density at radius 3 is 2.38 bits per heavy atom. The highest BCUT2D eigenvalue weighted by atomic mass is 32.2. The lowest BCUT2D eigenvalue weighted by molar-refractivity contribution is 0.413. The Labute approximate surface area is 184 Å². The molecule has 0 unspecified atom stereocenters. The lowest BCUT2D eigenvalue weighted by Crippen LogP contribution is -2.27. The van der Waals surface area contributed by atoms with Crippen LogP contribution in [0.25, 0.3) is 27.6 Å². The summed E-state index contributed by atoms with van der Waals surface area (Å²) in [5, 5.41) is 1.78. The zero-order valence-corrected chi connectivity index (χ0v) is 18.5. The Kier molecular flexibility index (Phi) is 5.35. The summed E-state index contributed by atoms with van der Waals surface area (Å²) in [7, 11) is -1.78. The standard InChI is InChI=1S/C23H21N3O5S/c1-14-10-19(26-9-8-21(27)24-23(26)28)13-20(22(14)31-2)17-5-4-16-12-18(25-32(3,29)30)7-6-15(16)11-17/h4-13,25H,1-3H3,(H,24,27,28). The molecule has 4 rings (SSSR count). The Balaban J connectivity index is 1.86. The second-order valence-electron chi connectivity index (χ2n) is 7.47. The third-order valence-electron chi connectivity index (χ3n) is 5.02. The Hall–Kier alpha value is -3.85. The minimum Gasteiger partial charge on any atom is -0.496 e. The first kappa shape index (κ1) is 21.4. The van der Waals surface area contributed by atoms with Crippen molar-refractivity contribution in [2.75, 3.05) is 18.1 Å². The summed E-state index contributed by atoms with van der Waals surface area (Å²) in [6, 6.07) is 16.0. The van der Waals surface area contributed by atoms with Crippen LogP contribution < -0.4 is 20.7 Å². The van der Waals surface area contributed by atoms with E-state index in [1.165, 1.54) is 16.8 Å². The van der Waals surface area contributed by atoms with Gasteiger partial charge in [0.15, 0.2) is 0 Å². The maximum Gasteiger partial charge on any atom is 0.332 e. The number of aromatic nitrogens is 2. The molecule has 0 saturated heterocycles. The summed E-state index contributed by atoms with van der Waals surface area (Å²) in [6.07, 6.45) is 2.54. The van der Waals surface area contributed by atoms with E-state index in [1.54, 1.807) is 19.2 Å². The van der Waals surface area contributed by atoms with Crippen LogP contribution in [0.2, 0.25) is 0 Å². The lowest BCUT2D eigenvalue weighted by Gasteiger charge is -2.16. The van der Waals surface area contributed by atoms with Crippen LogP contribution in [0, 0.1) is 6.92 Å². The normalized spacial score (nSPS) is 11.5. The van der Waals surface area contributed by atoms with E-state index in [4.69, 9.17) is 4.74 Å². The number of fused-ring (bicyclic) bond motifs is 1. The molecule has 0 bridgehead atoms. The number of anilines is 1. The Morgan fingerprint density at radius 1 is 0.969 bits per heavy atom. The zero-order chi connectivity index (χ0) is 23.0. The third-order valence-corrected chi connectivity index (χ3v) is 5.63. The van der Waals surface area contributed by atoms with Gasteiger partial charge >= 0.3 is 5.69 Å². The molecule has 0 atom stereocenters. The van der Waals surface area contributed by atoms with Crippen LogP contribution >= 0.6 is 0 Å². The molecule has 0 aliphatic heterocycles. The molecule has 0 aliphatic carbocycles. The number of sulfonamides is 1. The van der Waals surface area contributed by atoms with E-state index in [-0.39, 0.29) is 0 Å². The van der Waals surface area contributed by atoms with Gasteiger partial charge in [-0.15, -0.1) is 0 Å². The van der Waals surface area contributed by atoms with Gasteiger partial charge in [-0.05, 0) is 59.2 Å². The van der Waals surface area contributed by atoms with Crippen molar-refractivity contribution in [3.8, 4) is 22.6 Å². The largest absolute Gasteiger partial charge is 0.496 e. The molecule has 32 heavy (non-hydrogen) atoms. The molecule has 2 N–H and O–H groups in total. The summed E-state index contributed by atoms with van der Waals surface area (Å²) in [6.45, 7) is 1.88. The first-order valence-corrected chi connectivity index (χ1v) is 11.6. The fraction of sp³-hybridized carbons (Fsp3) is 0.130. The van der Waals surface area contributed by atoms with Gasteiger partial charge in [-0.3, -0.25) is 19.1 Å². The predicted octanol–water partition coefficient (Wildman–Crippen LogP) is 3.03. The number of ether oxygens (including phenoxy) is 1. The zero-order valence-electron chi connectivity index (χ0n) is 17.7. The van der Waals surface area contributed by atoms with Crippen molar-refractivity contribution in [2.24, 2.45) is 0 Å². The second kappa shape index (κ2) is 8.01. The number of aromatic amines is 1. The number of rotatable bonds is 5. The monoisotopic (exact) mass is 451 g/mol. The molecular weight excluding hydrogens is 430 g/mol. The number of nitrogens with zero attached hydrogens (tertiary/aromatic N) is 1. The third kappa shape index (κ3) is 4.28. The number of aryl methyl sites for hydroxylation is 1. The molecule has 1 heterocycles. The molecule has 0 amide bonds. The fourth-order valence-electron chi connectivity index (χ4n) is 3.69. The molecule has 0 spiro atoms. The van der Waals surface area contributed by atoms with Crippen LogP contribution in [-0.2, 0) is 10.0 Å². The minimum absolute atomic E-state index is 0.462. The van der Waals surface area contributed by atoms with Crippen molar-refractivity contribution in [3.05, 3.63) is 87.2 Å². The summed E-state index contributed by atoms with van der Waals surface area (Å²) in [4.78, 5) is 26.0. The van der Waals surface area contributed by atoms with Gasteiger partial charge in [-0.1, -0.05) is 18.2 Å². The Bertz CT molecular complexity index is 1570. The van der Waals surface area contributed by atoms with Crippen LogP contribution in [0.3, 0.4) is 0 Å². The smallest absolute Gasteiger partial charge is 0.332 e. The molecule has 3 aromatic carbocycles. The van der Waals surface area contributed by atoms with Crippen LogP contribution in [-0.4, -0.2) is 31.3 Å². The molecule has 0 fully saturated rings. The number of methoxy groups -OCH3 is 1. The van der Waals surface area contributed by atoms with Gasteiger partial charge in [0.25, 0.3) is 5.56 Å². The molecule has 0 saturated carbocycles. The maximum atomic E-state index is 12.3. The number of nitrogens with one attached hydrogen (secondary N) is 2. The molecule has 8 nitrogen and oxygen atoms in total. The highest BCUT2D eigenvalue weighted by molar-refractivity contribution is 7.92. The Morgan fingerprint density at radius 2 is 1.69 bits per heavy atom. The molecule has 4 aromatic rings. The molecule has 164 valence electrons. The molecular formula is C23H21N3O5S. The maximum absolute atomic E-state index is 12.3. The summed E-state index contributed by atoms with van der Waals surface area (Å²) < 4.78 is 32.5. The molecule has 0 radical (unpaired) electrons. The quantitative estimate of drug-likeness (QED) is 0.485. The van der Waals surface area contributed by atoms with Crippen molar-refractivity contribution in [3.63, 3.8) is 0 Å². The van der Waals surface area contributed by atoms with Gasteiger partial charge in [0.1, 0.15) is 5.75 Å². The predicted molar refractivity (Wildman–Crippen MR) is 125 cm³/mol. The van der Waals surface area contributed by atoms with Crippen molar-refractivity contribution in [1.82, 2.24) is 9.55 Å². The number of hydrogen-bond donors (Lipinski definition) is 2. The number of H-pyrrole nitrogens is 1. The molecule has 0 aliphatic rings. The summed E-state index contributed by atoms with van der Waals surface area (Å²) in [5.74, 6) is 0.668. The lowest BCUT2D eigenvalue weighted by atomic mass is 9.97. The average Bonchev–Trinajstić information content (AvgIpc) is 2.71. The number of hydrogen-bond acceptors (Lipinski definition) is 5. The van der Waals surface area contributed by atoms with Gasteiger partial charge in [0, 0.05) is 23.5 Å². The van der Waals surface area contributed by atoms with E-state index in [0.29, 0.717) is 17.1 Å².